The molecule has 7 N–H and O–H groups in total. The van der Waals surface area contributed by atoms with E-state index in [1.54, 1.807) is 19.2 Å². The second-order valence-corrected chi connectivity index (χ2v) is 9.66. The normalized spacial score (nSPS) is 11.2. The average molecular weight is 633 g/mol. The number of aliphatic hydroxyl groups excluding tert-OH is 1. The van der Waals surface area contributed by atoms with Gasteiger partial charge in [0.25, 0.3) is 0 Å². The molecule has 0 radical (unpaired) electrons. The van der Waals surface area contributed by atoms with Crippen LogP contribution in [0.3, 0.4) is 0 Å². The molecule has 44 heavy (non-hydrogen) atoms. The predicted molar refractivity (Wildman–Crippen MR) is 164 cm³/mol. The van der Waals surface area contributed by atoms with Gasteiger partial charge in [0.2, 0.25) is 6.41 Å². The molecule has 3 rings (SSSR count). The molecule has 2 aromatic carbocycles. The summed E-state index contributed by atoms with van der Waals surface area (Å²) in [7, 11) is 5.85. The lowest BCUT2D eigenvalue weighted by atomic mass is 10.1. The van der Waals surface area contributed by atoms with Crippen molar-refractivity contribution in [2.24, 2.45) is 11.5 Å². The van der Waals surface area contributed by atoms with Crippen molar-refractivity contribution in [2.45, 2.75) is 13.2 Å². The summed E-state index contributed by atoms with van der Waals surface area (Å²) in [6.45, 7) is -1.07. The molecule has 0 aliphatic rings. The molecule has 0 bridgehead atoms. The van der Waals surface area contributed by atoms with Gasteiger partial charge in [-0.05, 0) is 35.9 Å². The standard InChI is InChI=1S/C27H29F2N5O4S.C2H5NO2/c1-32-17-9-7-16(8-10-17)25-19(14-35)20(15-36)26(39-25)34(13-18-21(28)5-4-6-22(18)29)27(37)33(2)23(30)11-12-24(31)38-3;1-5-3-2-4/h4-12,15,32,35H,13-14,30-31H2,1-3H3;2H,1H3,(H,3,4)/b23-11+,24-12+;. The smallest absolute Gasteiger partial charge is 0.330 e. The second kappa shape index (κ2) is 17.2. The van der Waals surface area contributed by atoms with Crippen LogP contribution in [-0.2, 0) is 27.5 Å². The Morgan fingerprint density at radius 2 is 1.68 bits per heavy atom. The van der Waals surface area contributed by atoms with Gasteiger partial charge in [-0.15, -0.1) is 11.3 Å². The topological polar surface area (TPSA) is 172 Å². The van der Waals surface area contributed by atoms with Gasteiger partial charge in [-0.1, -0.05) is 18.2 Å². The van der Waals surface area contributed by atoms with E-state index in [1.807, 2.05) is 17.6 Å². The number of hydrogen-bond acceptors (Lipinski definition) is 10. The number of carbonyl (C=O) groups excluding carboxylic acids is 3. The van der Waals surface area contributed by atoms with E-state index in [4.69, 9.17) is 21.0 Å². The minimum absolute atomic E-state index is 0.0137. The van der Waals surface area contributed by atoms with Crippen LogP contribution in [0.2, 0.25) is 0 Å². The van der Waals surface area contributed by atoms with E-state index in [-0.39, 0.29) is 33.4 Å². The van der Waals surface area contributed by atoms with Crippen LogP contribution in [0.25, 0.3) is 10.4 Å². The van der Waals surface area contributed by atoms with E-state index in [1.165, 1.54) is 39.5 Å². The molecule has 0 atom stereocenters. The molecule has 0 aliphatic heterocycles. The first-order valence-electron chi connectivity index (χ1n) is 12.7. The summed E-state index contributed by atoms with van der Waals surface area (Å²) >= 11 is 1.03. The van der Waals surface area contributed by atoms with Gasteiger partial charge in [0.05, 0.1) is 32.9 Å². The van der Waals surface area contributed by atoms with Crippen molar-refractivity contribution >= 4 is 40.8 Å². The van der Waals surface area contributed by atoms with Gasteiger partial charge in [-0.3, -0.25) is 24.2 Å². The van der Waals surface area contributed by atoms with Gasteiger partial charge >= 0.3 is 6.03 Å². The van der Waals surface area contributed by atoms with Crippen molar-refractivity contribution in [3.63, 3.8) is 0 Å². The number of hydrogen-bond donors (Lipinski definition) is 5. The maximum atomic E-state index is 14.7. The number of thiophene rings is 1. The molecular formula is C29H34F2N6O6S. The zero-order chi connectivity index (χ0) is 32.8. The van der Waals surface area contributed by atoms with E-state index in [0.717, 1.165) is 39.0 Å². The summed E-state index contributed by atoms with van der Waals surface area (Å²) in [4.78, 5) is 41.9. The number of amides is 3. The number of hydroxylamine groups is 1. The number of nitrogens with zero attached hydrogens (tertiary/aromatic N) is 2. The average Bonchev–Trinajstić information content (AvgIpc) is 3.41. The van der Waals surface area contributed by atoms with Crippen molar-refractivity contribution in [3.05, 3.63) is 94.6 Å². The van der Waals surface area contributed by atoms with Crippen LogP contribution in [0.4, 0.5) is 24.3 Å². The Morgan fingerprint density at radius 3 is 2.16 bits per heavy atom. The Hall–Kier alpha value is -4.99. The molecule has 0 unspecified atom stereocenters. The number of ether oxygens (including phenoxy) is 1. The lowest BCUT2D eigenvalue weighted by Crippen LogP contribution is -2.42. The molecule has 0 aliphatic carbocycles. The molecule has 0 saturated heterocycles. The predicted octanol–water partition coefficient (Wildman–Crippen LogP) is 3.64. The van der Waals surface area contributed by atoms with Crippen LogP contribution < -0.4 is 27.2 Å². The van der Waals surface area contributed by atoms with Crippen LogP contribution in [0.1, 0.15) is 21.5 Å². The number of methoxy groups -OCH3 is 1. The first-order valence-corrected chi connectivity index (χ1v) is 13.6. The number of anilines is 2. The molecule has 15 heteroatoms. The number of benzene rings is 2. The Balaban J connectivity index is 0.00000125. The van der Waals surface area contributed by atoms with Crippen molar-refractivity contribution < 1.29 is 37.8 Å². The molecule has 236 valence electrons. The fourth-order valence-electron chi connectivity index (χ4n) is 3.72. The highest BCUT2D eigenvalue weighted by Crippen LogP contribution is 2.43. The summed E-state index contributed by atoms with van der Waals surface area (Å²) in [6, 6.07) is 9.76. The minimum Gasteiger partial charge on any atom is -0.483 e. The van der Waals surface area contributed by atoms with Crippen molar-refractivity contribution in [3.8, 4) is 10.4 Å². The highest BCUT2D eigenvalue weighted by molar-refractivity contribution is 7.20. The van der Waals surface area contributed by atoms with E-state index in [0.29, 0.717) is 23.1 Å². The zero-order valence-electron chi connectivity index (χ0n) is 24.5. The fourth-order valence-corrected chi connectivity index (χ4v) is 5.00. The van der Waals surface area contributed by atoms with Gasteiger partial charge in [-0.2, -0.15) is 0 Å². The quantitative estimate of drug-likeness (QED) is 0.0865. The third kappa shape index (κ3) is 8.76. The van der Waals surface area contributed by atoms with Crippen molar-refractivity contribution in [1.82, 2.24) is 10.4 Å². The van der Waals surface area contributed by atoms with Crippen LogP contribution >= 0.6 is 11.3 Å². The molecular weight excluding hydrogens is 598 g/mol. The highest BCUT2D eigenvalue weighted by Gasteiger charge is 2.30. The summed E-state index contributed by atoms with van der Waals surface area (Å²) in [5.74, 6) is -1.77. The number of halogens is 2. The van der Waals surface area contributed by atoms with Crippen LogP contribution in [0.15, 0.2) is 66.3 Å². The molecule has 3 aromatic rings. The Bertz CT molecular complexity index is 1480. The zero-order valence-corrected chi connectivity index (χ0v) is 25.3. The minimum atomic E-state index is -0.871. The summed E-state index contributed by atoms with van der Waals surface area (Å²) in [5.41, 5.74) is 15.0. The summed E-state index contributed by atoms with van der Waals surface area (Å²) in [5, 5.41) is 13.3. The van der Waals surface area contributed by atoms with Gasteiger partial charge in [0.15, 0.2) is 12.2 Å². The van der Waals surface area contributed by atoms with Gasteiger partial charge < -0.3 is 26.6 Å². The van der Waals surface area contributed by atoms with Crippen LogP contribution in [0, 0.1) is 11.6 Å². The number of urea groups is 1. The van der Waals surface area contributed by atoms with Crippen molar-refractivity contribution in [1.29, 1.82) is 0 Å². The van der Waals surface area contributed by atoms with E-state index in [2.05, 4.69) is 10.2 Å². The number of carbonyl (C=O) groups is 3. The third-order valence-corrected chi connectivity index (χ3v) is 7.41. The van der Waals surface area contributed by atoms with Crippen LogP contribution in [-0.4, -0.2) is 57.0 Å². The molecule has 1 heterocycles. The third-order valence-electron chi connectivity index (χ3n) is 6.09. The number of allylic oxidation sites excluding steroid dienone is 2. The second-order valence-electron chi connectivity index (χ2n) is 8.66. The molecule has 0 saturated carbocycles. The lowest BCUT2D eigenvalue weighted by Gasteiger charge is -2.28. The Kier molecular flexibility index (Phi) is 13.8. The summed E-state index contributed by atoms with van der Waals surface area (Å²) < 4.78 is 34.2. The highest BCUT2D eigenvalue weighted by atomic mass is 32.1. The summed E-state index contributed by atoms with van der Waals surface area (Å²) in [6.07, 6.45) is 3.61. The fraction of sp³-hybridized carbons (Fsp3) is 0.207. The molecule has 0 fully saturated rings. The number of nitrogens with two attached hydrogens (primary N) is 2. The monoisotopic (exact) mass is 632 g/mol. The largest absolute Gasteiger partial charge is 0.483 e. The molecule has 12 nitrogen and oxygen atoms in total. The number of rotatable bonds is 12. The maximum Gasteiger partial charge on any atom is 0.330 e. The van der Waals surface area contributed by atoms with Gasteiger partial charge in [-0.25, -0.2) is 19.1 Å². The number of aldehydes is 1. The SMILES string of the molecule is CNc1ccc(-c2sc(N(Cc3c(F)cccc3F)C(=O)N(C)/C(N)=C/C=C(\N)OC)c(C=O)c2CO)cc1.CONC=O. The van der Waals surface area contributed by atoms with E-state index >= 15 is 0 Å². The first-order chi connectivity index (χ1) is 21.1. The van der Waals surface area contributed by atoms with Crippen molar-refractivity contribution in [2.75, 3.05) is 38.5 Å². The van der Waals surface area contributed by atoms with Gasteiger partial charge in [0, 0.05) is 41.9 Å². The molecule has 1 aromatic heterocycles. The Labute approximate surface area is 257 Å². The lowest BCUT2D eigenvalue weighted by molar-refractivity contribution is -0.118. The Morgan fingerprint density at radius 1 is 1.05 bits per heavy atom. The number of nitrogens with one attached hydrogen (secondary N) is 2. The number of aliphatic hydroxyl groups is 1. The molecule has 3 amide bonds. The van der Waals surface area contributed by atoms with Gasteiger partial charge in [0.1, 0.15) is 22.5 Å². The molecule has 0 spiro atoms. The van der Waals surface area contributed by atoms with E-state index in [9.17, 15) is 23.5 Å². The van der Waals surface area contributed by atoms with Crippen LogP contribution in [0.5, 0.6) is 0 Å². The maximum absolute atomic E-state index is 14.7. The van der Waals surface area contributed by atoms with E-state index < -0.39 is 30.8 Å². The first kappa shape index (κ1) is 35.2.